The van der Waals surface area contributed by atoms with Crippen LogP contribution in [0.25, 0.3) is 0 Å². The normalized spacial score (nSPS) is 13.6. The molecule has 2 aromatic rings. The Morgan fingerprint density at radius 1 is 1.37 bits per heavy atom. The molecule has 0 aromatic carbocycles. The fraction of sp³-hybridized carbons (Fsp3) is 0.333. The van der Waals surface area contributed by atoms with Crippen molar-refractivity contribution in [1.82, 2.24) is 10.0 Å². The molecular formula is C12H16N2O3S2. The lowest BCUT2D eigenvalue weighted by Crippen LogP contribution is -2.26. The Morgan fingerprint density at radius 3 is 2.79 bits per heavy atom. The van der Waals surface area contributed by atoms with Crippen LogP contribution in [0.4, 0.5) is 0 Å². The maximum atomic E-state index is 12.1. The summed E-state index contributed by atoms with van der Waals surface area (Å²) in [5.74, 6) is 0.589. The third-order valence-electron chi connectivity index (χ3n) is 2.55. The third-order valence-corrected chi connectivity index (χ3v) is 5.02. The third kappa shape index (κ3) is 3.44. The van der Waals surface area contributed by atoms with Gasteiger partial charge in [-0.15, -0.1) is 11.3 Å². The summed E-state index contributed by atoms with van der Waals surface area (Å²) in [6, 6.07) is 6.63. The standard InChI is InChI=1S/C12H16N2O3S2/c1-9(11-4-3-7-18-11)14-19(15,16)12-6-5-10(17-12)8-13-2/h3-7,9,13-14H,8H2,1-2H3. The highest BCUT2D eigenvalue weighted by molar-refractivity contribution is 7.89. The van der Waals surface area contributed by atoms with Crippen molar-refractivity contribution < 1.29 is 12.8 Å². The van der Waals surface area contributed by atoms with E-state index in [1.165, 1.54) is 17.4 Å². The molecule has 2 heterocycles. The molecule has 104 valence electrons. The van der Waals surface area contributed by atoms with Crippen molar-refractivity contribution in [3.63, 3.8) is 0 Å². The van der Waals surface area contributed by atoms with Crippen LogP contribution in [0.3, 0.4) is 0 Å². The number of furan rings is 1. The lowest BCUT2D eigenvalue weighted by Gasteiger charge is -2.10. The zero-order valence-corrected chi connectivity index (χ0v) is 12.3. The van der Waals surface area contributed by atoms with Crippen LogP contribution in [-0.4, -0.2) is 15.5 Å². The van der Waals surface area contributed by atoms with E-state index in [9.17, 15) is 8.42 Å². The molecule has 0 spiro atoms. The van der Waals surface area contributed by atoms with E-state index in [1.807, 2.05) is 17.5 Å². The van der Waals surface area contributed by atoms with Gasteiger partial charge in [0, 0.05) is 4.88 Å². The zero-order valence-electron chi connectivity index (χ0n) is 10.7. The Bertz CT molecular complexity index is 617. The second kappa shape index (κ2) is 5.87. The summed E-state index contributed by atoms with van der Waals surface area (Å²) >= 11 is 1.51. The Labute approximate surface area is 116 Å². The minimum Gasteiger partial charge on any atom is -0.447 e. The molecule has 0 fully saturated rings. The summed E-state index contributed by atoms with van der Waals surface area (Å²) in [4.78, 5) is 0.963. The van der Waals surface area contributed by atoms with Crippen LogP contribution in [0.1, 0.15) is 23.6 Å². The van der Waals surface area contributed by atoms with E-state index >= 15 is 0 Å². The van der Waals surface area contributed by atoms with Crippen LogP contribution in [0.2, 0.25) is 0 Å². The number of hydrogen-bond acceptors (Lipinski definition) is 5. The first-order chi connectivity index (χ1) is 9.03. The van der Waals surface area contributed by atoms with Crippen molar-refractivity contribution in [3.05, 3.63) is 40.3 Å². The minimum absolute atomic E-state index is 0.0545. The SMILES string of the molecule is CNCc1ccc(S(=O)(=O)NC(C)c2cccs2)o1. The molecule has 5 nitrogen and oxygen atoms in total. The van der Waals surface area contributed by atoms with Crippen LogP contribution in [-0.2, 0) is 16.6 Å². The minimum atomic E-state index is -3.62. The summed E-state index contributed by atoms with van der Waals surface area (Å²) in [7, 11) is -1.85. The number of rotatable bonds is 6. The Hall–Kier alpha value is -1.15. The highest BCUT2D eigenvalue weighted by Gasteiger charge is 2.22. The van der Waals surface area contributed by atoms with Gasteiger partial charge in [-0.3, -0.25) is 0 Å². The van der Waals surface area contributed by atoms with Crippen LogP contribution >= 0.6 is 11.3 Å². The fourth-order valence-corrected chi connectivity index (χ4v) is 3.64. The van der Waals surface area contributed by atoms with E-state index in [1.54, 1.807) is 20.0 Å². The van der Waals surface area contributed by atoms with E-state index in [0.717, 1.165) is 4.88 Å². The Kier molecular flexibility index (Phi) is 4.41. The van der Waals surface area contributed by atoms with Gasteiger partial charge in [0.1, 0.15) is 5.76 Å². The van der Waals surface area contributed by atoms with Crippen molar-refractivity contribution in [3.8, 4) is 0 Å². The topological polar surface area (TPSA) is 71.3 Å². The van der Waals surface area contributed by atoms with Gasteiger partial charge in [-0.05, 0) is 37.6 Å². The van der Waals surface area contributed by atoms with Gasteiger partial charge in [0.05, 0.1) is 12.6 Å². The number of hydrogen-bond donors (Lipinski definition) is 2. The lowest BCUT2D eigenvalue weighted by atomic mass is 10.3. The lowest BCUT2D eigenvalue weighted by molar-refractivity contribution is 0.403. The van der Waals surface area contributed by atoms with Gasteiger partial charge in [0.2, 0.25) is 5.09 Å². The molecular weight excluding hydrogens is 284 g/mol. The molecule has 2 N–H and O–H groups in total. The van der Waals surface area contributed by atoms with Crippen LogP contribution in [0.5, 0.6) is 0 Å². The average Bonchev–Trinajstić information content (AvgIpc) is 2.99. The predicted molar refractivity (Wildman–Crippen MR) is 74.5 cm³/mol. The van der Waals surface area contributed by atoms with E-state index in [4.69, 9.17) is 4.42 Å². The smallest absolute Gasteiger partial charge is 0.274 e. The van der Waals surface area contributed by atoms with Gasteiger partial charge in [-0.2, -0.15) is 0 Å². The van der Waals surface area contributed by atoms with Crippen molar-refractivity contribution in [2.75, 3.05) is 7.05 Å². The van der Waals surface area contributed by atoms with Crippen LogP contribution < -0.4 is 10.0 Å². The van der Waals surface area contributed by atoms with Crippen LogP contribution in [0, 0.1) is 0 Å². The molecule has 2 rings (SSSR count). The van der Waals surface area contributed by atoms with E-state index in [-0.39, 0.29) is 11.1 Å². The highest BCUT2D eigenvalue weighted by Crippen LogP contribution is 2.21. The van der Waals surface area contributed by atoms with Gasteiger partial charge >= 0.3 is 0 Å². The maximum Gasteiger partial charge on any atom is 0.274 e. The zero-order chi connectivity index (χ0) is 13.9. The largest absolute Gasteiger partial charge is 0.447 e. The second-order valence-electron chi connectivity index (χ2n) is 4.11. The van der Waals surface area contributed by atoms with Gasteiger partial charge in [-0.25, -0.2) is 13.1 Å². The van der Waals surface area contributed by atoms with Crippen molar-refractivity contribution in [1.29, 1.82) is 0 Å². The first-order valence-electron chi connectivity index (χ1n) is 5.82. The quantitative estimate of drug-likeness (QED) is 0.857. The molecule has 0 saturated heterocycles. The number of nitrogens with one attached hydrogen (secondary N) is 2. The fourth-order valence-electron chi connectivity index (χ4n) is 1.66. The molecule has 0 amide bonds. The molecule has 2 aromatic heterocycles. The van der Waals surface area contributed by atoms with Gasteiger partial charge in [-0.1, -0.05) is 6.07 Å². The summed E-state index contributed by atoms with van der Waals surface area (Å²) in [5, 5.41) is 4.76. The summed E-state index contributed by atoms with van der Waals surface area (Å²) in [6.45, 7) is 2.30. The summed E-state index contributed by atoms with van der Waals surface area (Å²) in [5.41, 5.74) is 0. The first kappa shape index (κ1) is 14.3. The second-order valence-corrected chi connectivity index (χ2v) is 6.73. The van der Waals surface area contributed by atoms with E-state index in [0.29, 0.717) is 12.3 Å². The van der Waals surface area contributed by atoms with Crippen molar-refractivity contribution in [2.24, 2.45) is 0 Å². The average molecular weight is 300 g/mol. The van der Waals surface area contributed by atoms with Gasteiger partial charge < -0.3 is 9.73 Å². The summed E-state index contributed by atoms with van der Waals surface area (Å²) in [6.07, 6.45) is 0. The molecule has 0 aliphatic rings. The molecule has 0 saturated carbocycles. The molecule has 0 radical (unpaired) electrons. The van der Waals surface area contributed by atoms with Crippen LogP contribution in [0.15, 0.2) is 39.2 Å². The molecule has 1 atom stereocenters. The Morgan fingerprint density at radius 2 is 2.16 bits per heavy atom. The predicted octanol–water partition coefficient (Wildman–Crippen LogP) is 2.10. The van der Waals surface area contributed by atoms with E-state index < -0.39 is 10.0 Å². The van der Waals surface area contributed by atoms with Gasteiger partial charge in [0.15, 0.2) is 0 Å². The number of thiophene rings is 1. The molecule has 7 heteroatoms. The van der Waals surface area contributed by atoms with E-state index in [2.05, 4.69) is 10.0 Å². The number of sulfonamides is 1. The Balaban J connectivity index is 2.13. The highest BCUT2D eigenvalue weighted by atomic mass is 32.2. The first-order valence-corrected chi connectivity index (χ1v) is 8.18. The van der Waals surface area contributed by atoms with Gasteiger partial charge in [0.25, 0.3) is 10.0 Å². The molecule has 0 bridgehead atoms. The molecule has 1 unspecified atom stereocenters. The van der Waals surface area contributed by atoms with Crippen molar-refractivity contribution in [2.45, 2.75) is 24.6 Å². The summed E-state index contributed by atoms with van der Waals surface area (Å²) < 4.78 is 32.2. The molecule has 19 heavy (non-hydrogen) atoms. The monoisotopic (exact) mass is 300 g/mol. The molecule has 0 aliphatic carbocycles. The molecule has 0 aliphatic heterocycles. The van der Waals surface area contributed by atoms with Crippen molar-refractivity contribution >= 4 is 21.4 Å². The maximum absolute atomic E-state index is 12.1.